The lowest BCUT2D eigenvalue weighted by Gasteiger charge is -2.04. The first-order valence-corrected chi connectivity index (χ1v) is 7.76. The summed E-state index contributed by atoms with van der Waals surface area (Å²) in [6, 6.07) is 15.7. The van der Waals surface area contributed by atoms with Crippen LogP contribution in [-0.2, 0) is 6.61 Å². The van der Waals surface area contributed by atoms with Crippen LogP contribution in [0.5, 0.6) is 5.75 Å². The number of aromatic amines is 1. The highest BCUT2D eigenvalue weighted by Crippen LogP contribution is 2.11. The van der Waals surface area contributed by atoms with E-state index in [-0.39, 0.29) is 12.2 Å². The zero-order valence-electron chi connectivity index (χ0n) is 13.0. The molecule has 0 bridgehead atoms. The largest absolute Gasteiger partial charge is 0.486 e. The fraction of sp³-hybridized carbons (Fsp3) is 0.0588. The summed E-state index contributed by atoms with van der Waals surface area (Å²) in [5.74, 6) is 0.268. The maximum absolute atomic E-state index is 10.9. The van der Waals surface area contributed by atoms with Crippen LogP contribution in [0.1, 0.15) is 21.7 Å². The Hall–Kier alpha value is -3.26. The van der Waals surface area contributed by atoms with E-state index in [2.05, 4.69) is 15.3 Å². The Bertz CT molecular complexity index is 946. The van der Waals surface area contributed by atoms with Crippen LogP contribution in [-0.4, -0.2) is 32.2 Å². The van der Waals surface area contributed by atoms with Gasteiger partial charge in [0.1, 0.15) is 12.4 Å². The van der Waals surface area contributed by atoms with Gasteiger partial charge in [-0.05, 0) is 42.0 Å². The molecule has 0 aliphatic carbocycles. The van der Waals surface area contributed by atoms with Crippen molar-refractivity contribution in [2.45, 2.75) is 6.61 Å². The maximum atomic E-state index is 10.9. The van der Waals surface area contributed by atoms with Crippen molar-refractivity contribution in [1.82, 2.24) is 14.9 Å². The fourth-order valence-corrected chi connectivity index (χ4v) is 2.24. The van der Waals surface area contributed by atoms with Gasteiger partial charge in [-0.1, -0.05) is 30.3 Å². The van der Waals surface area contributed by atoms with E-state index < -0.39 is 5.97 Å². The number of benzene rings is 2. The quantitative estimate of drug-likeness (QED) is 0.524. The number of carboxylic acid groups (broad SMARTS) is 1. The summed E-state index contributed by atoms with van der Waals surface area (Å²) < 4.78 is 7.45. The molecule has 0 atom stereocenters. The van der Waals surface area contributed by atoms with E-state index >= 15 is 0 Å². The SMILES string of the molecule is O=C(O)c1ccc(/C=N\n2c(COc3ccccc3)n[nH]c2=S)cc1. The lowest BCUT2D eigenvalue weighted by Crippen LogP contribution is -2.04. The summed E-state index contributed by atoms with van der Waals surface area (Å²) in [6.45, 7) is 0.201. The molecule has 0 unspecified atom stereocenters. The monoisotopic (exact) mass is 354 g/mol. The maximum Gasteiger partial charge on any atom is 0.335 e. The topological polar surface area (TPSA) is 92.5 Å². The summed E-state index contributed by atoms with van der Waals surface area (Å²) in [4.78, 5) is 10.9. The van der Waals surface area contributed by atoms with Gasteiger partial charge in [-0.15, -0.1) is 0 Å². The second-order valence-corrected chi connectivity index (χ2v) is 5.42. The van der Waals surface area contributed by atoms with E-state index in [4.69, 9.17) is 22.1 Å². The summed E-state index contributed by atoms with van der Waals surface area (Å²) in [5.41, 5.74) is 0.956. The number of nitrogens with zero attached hydrogens (tertiary/aromatic N) is 3. The van der Waals surface area contributed by atoms with Crippen molar-refractivity contribution in [1.29, 1.82) is 0 Å². The highest BCUT2D eigenvalue weighted by Gasteiger charge is 2.06. The minimum atomic E-state index is -0.971. The minimum Gasteiger partial charge on any atom is -0.486 e. The lowest BCUT2D eigenvalue weighted by molar-refractivity contribution is 0.0697. The number of rotatable bonds is 6. The molecule has 8 heteroatoms. The number of H-pyrrole nitrogens is 1. The van der Waals surface area contributed by atoms with Crippen molar-refractivity contribution in [3.63, 3.8) is 0 Å². The average molecular weight is 354 g/mol. The van der Waals surface area contributed by atoms with Gasteiger partial charge in [0.15, 0.2) is 5.82 Å². The van der Waals surface area contributed by atoms with Crippen molar-refractivity contribution in [2.24, 2.45) is 5.10 Å². The zero-order chi connectivity index (χ0) is 17.6. The summed E-state index contributed by atoms with van der Waals surface area (Å²) in [7, 11) is 0. The van der Waals surface area contributed by atoms with Crippen molar-refractivity contribution in [2.75, 3.05) is 0 Å². The third-order valence-corrected chi connectivity index (χ3v) is 3.57. The van der Waals surface area contributed by atoms with Crippen molar-refractivity contribution < 1.29 is 14.6 Å². The van der Waals surface area contributed by atoms with Crippen molar-refractivity contribution >= 4 is 24.4 Å². The van der Waals surface area contributed by atoms with Crippen LogP contribution in [0.25, 0.3) is 0 Å². The van der Waals surface area contributed by atoms with Crippen molar-refractivity contribution in [3.8, 4) is 5.75 Å². The molecule has 0 saturated heterocycles. The second kappa shape index (κ2) is 7.54. The Labute approximate surface area is 148 Å². The molecular formula is C17H14N4O3S. The predicted octanol–water partition coefficient (Wildman–Crippen LogP) is 3.10. The van der Waals surface area contributed by atoms with Gasteiger partial charge in [0.2, 0.25) is 4.77 Å². The third kappa shape index (κ3) is 4.18. The molecule has 3 rings (SSSR count). The average Bonchev–Trinajstić information content (AvgIpc) is 2.99. The van der Waals surface area contributed by atoms with Crippen LogP contribution in [0.2, 0.25) is 0 Å². The molecular weight excluding hydrogens is 340 g/mol. The van der Waals surface area contributed by atoms with E-state index in [9.17, 15) is 4.79 Å². The first-order chi connectivity index (χ1) is 12.1. The molecule has 0 saturated carbocycles. The van der Waals surface area contributed by atoms with E-state index in [0.29, 0.717) is 10.6 Å². The van der Waals surface area contributed by atoms with Gasteiger partial charge in [0, 0.05) is 0 Å². The van der Waals surface area contributed by atoms with Gasteiger partial charge < -0.3 is 9.84 Å². The molecule has 2 aromatic carbocycles. The molecule has 7 nitrogen and oxygen atoms in total. The number of hydrogen-bond acceptors (Lipinski definition) is 5. The number of carbonyl (C=O) groups is 1. The molecule has 25 heavy (non-hydrogen) atoms. The molecule has 0 aliphatic heterocycles. The molecule has 1 aromatic heterocycles. The Morgan fingerprint density at radius 2 is 1.96 bits per heavy atom. The molecule has 0 spiro atoms. The van der Waals surface area contributed by atoms with Gasteiger partial charge in [0.05, 0.1) is 11.8 Å². The molecule has 3 aromatic rings. The van der Waals surface area contributed by atoms with Crippen molar-refractivity contribution in [3.05, 3.63) is 76.3 Å². The Kier molecular flexibility index (Phi) is 5.00. The molecule has 2 N–H and O–H groups in total. The van der Waals surface area contributed by atoms with Gasteiger partial charge in [-0.2, -0.15) is 14.9 Å². The van der Waals surface area contributed by atoms with Crippen LogP contribution >= 0.6 is 12.2 Å². The minimum absolute atomic E-state index is 0.201. The smallest absolute Gasteiger partial charge is 0.335 e. The highest BCUT2D eigenvalue weighted by molar-refractivity contribution is 7.71. The molecule has 0 radical (unpaired) electrons. The normalized spacial score (nSPS) is 10.9. The number of aromatic nitrogens is 3. The van der Waals surface area contributed by atoms with Crippen LogP contribution in [0, 0.1) is 4.77 Å². The van der Waals surface area contributed by atoms with E-state index in [1.54, 1.807) is 18.3 Å². The van der Waals surface area contributed by atoms with Gasteiger partial charge in [0.25, 0.3) is 0 Å². The Morgan fingerprint density at radius 3 is 2.64 bits per heavy atom. The van der Waals surface area contributed by atoms with Gasteiger partial charge >= 0.3 is 5.97 Å². The number of aromatic carboxylic acids is 1. The summed E-state index contributed by atoms with van der Waals surface area (Å²) in [6.07, 6.45) is 1.57. The molecule has 0 fully saturated rings. The van der Waals surface area contributed by atoms with Crippen LogP contribution in [0.3, 0.4) is 0 Å². The lowest BCUT2D eigenvalue weighted by atomic mass is 10.1. The van der Waals surface area contributed by atoms with Crippen LogP contribution in [0.15, 0.2) is 59.7 Å². The number of para-hydroxylation sites is 1. The Balaban J connectivity index is 1.75. The third-order valence-electron chi connectivity index (χ3n) is 3.31. The van der Waals surface area contributed by atoms with Crippen LogP contribution in [0.4, 0.5) is 0 Å². The number of nitrogens with one attached hydrogen (secondary N) is 1. The van der Waals surface area contributed by atoms with E-state index in [1.165, 1.54) is 16.8 Å². The standard InChI is InChI=1S/C17H14N4O3S/c22-16(23)13-8-6-12(7-9-13)10-18-21-15(19-20-17(21)25)11-24-14-4-2-1-3-5-14/h1-10H,11H2,(H,20,25)(H,22,23)/b18-10-. The fourth-order valence-electron chi connectivity index (χ4n) is 2.04. The van der Waals surface area contributed by atoms with Crippen LogP contribution < -0.4 is 4.74 Å². The van der Waals surface area contributed by atoms with Gasteiger partial charge in [-0.3, -0.25) is 0 Å². The van der Waals surface area contributed by atoms with Gasteiger partial charge in [-0.25, -0.2) is 9.89 Å². The predicted molar refractivity (Wildman–Crippen MR) is 94.6 cm³/mol. The van der Waals surface area contributed by atoms with E-state index in [1.807, 2.05) is 30.3 Å². The molecule has 0 amide bonds. The van der Waals surface area contributed by atoms with E-state index in [0.717, 1.165) is 11.3 Å². The molecule has 1 heterocycles. The summed E-state index contributed by atoms with van der Waals surface area (Å²) >= 11 is 5.17. The summed E-state index contributed by atoms with van der Waals surface area (Å²) in [5, 5.41) is 20.0. The highest BCUT2D eigenvalue weighted by atomic mass is 32.1. The Morgan fingerprint density at radius 1 is 1.24 bits per heavy atom. The molecule has 126 valence electrons. The molecule has 0 aliphatic rings. The number of carboxylic acids is 1. The first kappa shape index (κ1) is 16.6. The second-order valence-electron chi connectivity index (χ2n) is 5.03. The number of ether oxygens (including phenoxy) is 1. The number of hydrogen-bond donors (Lipinski definition) is 2. The first-order valence-electron chi connectivity index (χ1n) is 7.35. The zero-order valence-corrected chi connectivity index (χ0v) is 13.8.